The first kappa shape index (κ1) is 34.8. The largest absolute Gasteiger partial charge is 0.748 e. The van der Waals surface area contributed by atoms with Gasteiger partial charge in [0.25, 0.3) is 0 Å². The Balaban J connectivity index is 1.54. The Morgan fingerprint density at radius 2 is 1.61 bits per heavy atom. The van der Waals surface area contributed by atoms with Gasteiger partial charge in [-0.3, -0.25) is 19.2 Å². The van der Waals surface area contributed by atoms with Gasteiger partial charge in [-0.15, -0.1) is 0 Å². The highest BCUT2D eigenvalue weighted by atomic mass is 32.2. The van der Waals surface area contributed by atoms with Crippen LogP contribution in [0.1, 0.15) is 85.0 Å². The van der Waals surface area contributed by atoms with Crippen molar-refractivity contribution in [2.75, 3.05) is 5.75 Å². The molecule has 4 saturated carbocycles. The lowest BCUT2D eigenvalue weighted by Crippen LogP contribution is -2.63. The third-order valence-electron chi connectivity index (χ3n) is 11.5. The van der Waals surface area contributed by atoms with Crippen molar-refractivity contribution in [2.24, 2.45) is 46.3 Å². The van der Waals surface area contributed by atoms with Crippen molar-refractivity contribution in [3.8, 4) is 0 Å². The van der Waals surface area contributed by atoms with Gasteiger partial charge in [-0.2, -0.15) is 26.3 Å². The maximum atomic E-state index is 14.0. The number of hydrogen-bond acceptors (Lipinski definition) is 8. The van der Waals surface area contributed by atoms with Crippen LogP contribution >= 0.6 is 0 Å². The standard InChI is InChI=1S/C29H38F6O8S/c1-15(7-8-23(39)43-27(28(30,31)32,29(33,34)35)14-44(40,41)42)18-5-4-6-19-24-20(13-22(38)26(18,19)3)25(2)10-9-17(36)11-16(25)12-21(24)37/h15-16,18-20,24H,4-14H2,1-3H3,(H,40,41,42)/p-1. The number of alkyl halides is 6. The van der Waals surface area contributed by atoms with Crippen LogP contribution in [0.4, 0.5) is 26.3 Å². The van der Waals surface area contributed by atoms with E-state index in [1.54, 1.807) is 13.8 Å². The second-order valence-corrected chi connectivity index (χ2v) is 15.2. The van der Waals surface area contributed by atoms with Gasteiger partial charge in [0.05, 0.1) is 15.9 Å². The van der Waals surface area contributed by atoms with Crippen LogP contribution in [-0.2, 0) is 34.0 Å². The average Bonchev–Trinajstić information content (AvgIpc) is 2.86. The number of carbonyl (C=O) groups excluding carboxylic acids is 4. The summed E-state index contributed by atoms with van der Waals surface area (Å²) >= 11 is 0. The third-order valence-corrected chi connectivity index (χ3v) is 12.3. The molecular formula is C29H37F6O8S-. The molecule has 0 aromatic heterocycles. The Bertz CT molecular complexity index is 1300. The van der Waals surface area contributed by atoms with Crippen molar-refractivity contribution < 1.29 is 63.2 Å². The number of Topliss-reactive ketones (excluding diaryl/α,β-unsaturated/α-hetero) is 3. The molecule has 4 aliphatic carbocycles. The normalized spacial score (nSPS) is 35.8. The van der Waals surface area contributed by atoms with Crippen molar-refractivity contribution in [3.05, 3.63) is 0 Å². The second-order valence-electron chi connectivity index (χ2n) is 13.8. The van der Waals surface area contributed by atoms with E-state index in [2.05, 4.69) is 11.7 Å². The number of rotatable bonds is 7. The molecule has 0 bridgehead atoms. The molecule has 8 unspecified atom stereocenters. The van der Waals surface area contributed by atoms with E-state index in [1.807, 2.05) is 0 Å². The smallest absolute Gasteiger partial charge is 0.438 e. The molecule has 44 heavy (non-hydrogen) atoms. The SMILES string of the molecule is CC(CCC(=O)OC(CS(=O)(=O)[O-])(C(F)(F)F)C(F)(F)F)C1CCCC2C3C(=O)CC4CC(=O)CCC4(C)C3CC(=O)C12C. The molecule has 0 saturated heterocycles. The molecule has 8 atom stereocenters. The van der Waals surface area contributed by atoms with Crippen LogP contribution in [0.3, 0.4) is 0 Å². The fourth-order valence-electron chi connectivity index (χ4n) is 9.10. The number of carbonyl (C=O) groups is 4. The van der Waals surface area contributed by atoms with Crippen molar-refractivity contribution in [2.45, 2.75) is 103 Å². The van der Waals surface area contributed by atoms with Crippen molar-refractivity contribution in [1.29, 1.82) is 0 Å². The summed E-state index contributed by atoms with van der Waals surface area (Å²) in [6.07, 6.45) is -10.8. The number of halogens is 6. The average molecular weight is 660 g/mol. The molecule has 0 aliphatic heterocycles. The molecule has 0 spiro atoms. The lowest BCUT2D eigenvalue weighted by atomic mass is 9.40. The summed E-state index contributed by atoms with van der Waals surface area (Å²) in [5, 5.41) is 0. The fraction of sp³-hybridized carbons (Fsp3) is 0.862. The second kappa shape index (κ2) is 11.3. The van der Waals surface area contributed by atoms with Crippen LogP contribution in [0.15, 0.2) is 0 Å². The summed E-state index contributed by atoms with van der Waals surface area (Å²) in [5.41, 5.74) is -6.91. The number of hydrogen-bond donors (Lipinski definition) is 0. The van der Waals surface area contributed by atoms with Gasteiger partial charge < -0.3 is 9.29 Å². The van der Waals surface area contributed by atoms with Gasteiger partial charge in [0.2, 0.25) is 0 Å². The van der Waals surface area contributed by atoms with E-state index in [0.717, 1.165) is 0 Å². The van der Waals surface area contributed by atoms with Crippen molar-refractivity contribution in [1.82, 2.24) is 0 Å². The van der Waals surface area contributed by atoms with E-state index in [-0.39, 0.29) is 59.8 Å². The van der Waals surface area contributed by atoms with Crippen LogP contribution in [0.2, 0.25) is 0 Å². The Labute approximate surface area is 251 Å². The lowest BCUT2D eigenvalue weighted by Gasteiger charge is -2.62. The van der Waals surface area contributed by atoms with E-state index < -0.39 is 69.4 Å². The number of ketones is 3. The summed E-state index contributed by atoms with van der Waals surface area (Å²) in [4.78, 5) is 52.2. The highest BCUT2D eigenvalue weighted by molar-refractivity contribution is 7.85. The van der Waals surface area contributed by atoms with Gasteiger partial charge in [-0.25, -0.2) is 8.42 Å². The van der Waals surface area contributed by atoms with Gasteiger partial charge >= 0.3 is 23.9 Å². The molecule has 0 N–H and O–H groups in total. The summed E-state index contributed by atoms with van der Waals surface area (Å²) in [6, 6.07) is 0. The molecule has 0 radical (unpaired) electrons. The minimum atomic E-state index is -6.45. The quantitative estimate of drug-likeness (QED) is 0.203. The molecular weight excluding hydrogens is 622 g/mol. The molecule has 8 nitrogen and oxygen atoms in total. The Hall–Kier alpha value is -2.03. The Morgan fingerprint density at radius 3 is 2.18 bits per heavy atom. The molecule has 4 fully saturated rings. The monoisotopic (exact) mass is 659 g/mol. The summed E-state index contributed by atoms with van der Waals surface area (Å²) in [5.74, 6) is -7.14. The molecule has 15 heteroatoms. The minimum absolute atomic E-state index is 0.0109. The maximum absolute atomic E-state index is 14.0. The zero-order valence-corrected chi connectivity index (χ0v) is 25.5. The van der Waals surface area contributed by atoms with Crippen molar-refractivity contribution in [3.63, 3.8) is 0 Å². The van der Waals surface area contributed by atoms with Crippen LogP contribution in [0, 0.1) is 46.3 Å². The van der Waals surface area contributed by atoms with Crippen LogP contribution < -0.4 is 0 Å². The summed E-state index contributed by atoms with van der Waals surface area (Å²) < 4.78 is 118. The predicted molar refractivity (Wildman–Crippen MR) is 140 cm³/mol. The first-order valence-corrected chi connectivity index (χ1v) is 16.4. The molecule has 0 amide bonds. The van der Waals surface area contributed by atoms with E-state index in [9.17, 15) is 58.5 Å². The van der Waals surface area contributed by atoms with Crippen molar-refractivity contribution >= 4 is 33.4 Å². The molecule has 0 heterocycles. The Morgan fingerprint density at radius 1 is 1.00 bits per heavy atom. The highest BCUT2D eigenvalue weighted by Crippen LogP contribution is 2.65. The first-order chi connectivity index (χ1) is 20.0. The van der Waals surface area contributed by atoms with Crippen LogP contribution in [-0.4, -0.2) is 60.0 Å². The number of fused-ring (bicyclic) bond motifs is 5. The molecule has 0 aromatic carbocycles. The highest BCUT2D eigenvalue weighted by Gasteiger charge is 2.75. The van der Waals surface area contributed by atoms with Crippen LogP contribution in [0.5, 0.6) is 0 Å². The van der Waals surface area contributed by atoms with Gasteiger partial charge in [0, 0.05) is 43.4 Å². The zero-order chi connectivity index (χ0) is 33.3. The zero-order valence-electron chi connectivity index (χ0n) is 24.7. The molecule has 250 valence electrons. The van der Waals surface area contributed by atoms with Crippen LogP contribution in [0.25, 0.3) is 0 Å². The lowest BCUT2D eigenvalue weighted by molar-refractivity contribution is -0.361. The molecule has 4 aliphatic rings. The predicted octanol–water partition coefficient (Wildman–Crippen LogP) is 5.33. The van der Waals surface area contributed by atoms with Gasteiger partial charge in [-0.05, 0) is 60.7 Å². The van der Waals surface area contributed by atoms with E-state index in [4.69, 9.17) is 0 Å². The topological polar surface area (TPSA) is 135 Å². The van der Waals surface area contributed by atoms with Gasteiger partial charge in [0.15, 0.2) is 0 Å². The maximum Gasteiger partial charge on any atom is 0.438 e. The van der Waals surface area contributed by atoms with E-state index in [0.29, 0.717) is 38.5 Å². The Kier molecular flexibility index (Phi) is 8.98. The van der Waals surface area contributed by atoms with E-state index in [1.165, 1.54) is 0 Å². The molecule has 0 aromatic rings. The summed E-state index contributed by atoms with van der Waals surface area (Å²) in [6.45, 7) is 5.44. The van der Waals surface area contributed by atoms with Gasteiger partial charge in [-0.1, -0.05) is 27.2 Å². The first-order valence-electron chi connectivity index (χ1n) is 14.8. The fourth-order valence-corrected chi connectivity index (χ4v) is 9.98. The number of ether oxygens (including phenoxy) is 1. The summed E-state index contributed by atoms with van der Waals surface area (Å²) in [7, 11) is -6.15. The third kappa shape index (κ3) is 5.84. The van der Waals surface area contributed by atoms with Gasteiger partial charge in [0.1, 0.15) is 17.3 Å². The minimum Gasteiger partial charge on any atom is -0.748 e. The molecule has 4 rings (SSSR count). The number of esters is 1. The van der Waals surface area contributed by atoms with E-state index >= 15 is 0 Å².